The van der Waals surface area contributed by atoms with E-state index in [9.17, 15) is 0 Å². The van der Waals surface area contributed by atoms with Gasteiger partial charge in [0.15, 0.2) is 5.96 Å². The summed E-state index contributed by atoms with van der Waals surface area (Å²) in [5.41, 5.74) is 8.19. The normalized spacial score (nSPS) is 18.2. The van der Waals surface area contributed by atoms with Crippen molar-refractivity contribution in [3.63, 3.8) is 0 Å². The lowest BCUT2D eigenvalue weighted by atomic mass is 10.1. The summed E-state index contributed by atoms with van der Waals surface area (Å²) >= 11 is 9.66. The fourth-order valence-corrected chi connectivity index (χ4v) is 3.08. The fourth-order valence-electron chi connectivity index (χ4n) is 2.40. The summed E-state index contributed by atoms with van der Waals surface area (Å²) in [6, 6.07) is 15.9. The molecule has 1 unspecified atom stereocenters. The van der Waals surface area contributed by atoms with Crippen LogP contribution in [0.5, 0.6) is 0 Å². The molecule has 3 nitrogen and oxygen atoms in total. The number of hydrogen-bond acceptors (Lipinski definition) is 3. The van der Waals surface area contributed by atoms with Crippen molar-refractivity contribution < 1.29 is 0 Å². The summed E-state index contributed by atoms with van der Waals surface area (Å²) in [5.74, 6) is 0.530. The Bertz CT molecular complexity index is 672. The predicted octanol–water partition coefficient (Wildman–Crippen LogP) is 3.98. The molecule has 0 amide bonds. The molecule has 1 aliphatic rings. The second kappa shape index (κ2) is 5.46. The van der Waals surface area contributed by atoms with E-state index in [0.717, 1.165) is 20.7 Å². The lowest BCUT2D eigenvalue weighted by Gasteiger charge is -2.27. The Balaban J connectivity index is 2.03. The summed E-state index contributed by atoms with van der Waals surface area (Å²) in [7, 11) is 0. The minimum Gasteiger partial charge on any atom is -0.369 e. The van der Waals surface area contributed by atoms with Crippen molar-refractivity contribution in [1.82, 2.24) is 0 Å². The van der Waals surface area contributed by atoms with Gasteiger partial charge in [-0.25, -0.2) is 0 Å². The lowest BCUT2D eigenvalue weighted by molar-refractivity contribution is 0.768. The second-order valence-corrected chi connectivity index (χ2v) is 5.88. The number of hydrogen-bond donors (Lipinski definition) is 1. The van der Waals surface area contributed by atoms with Gasteiger partial charge in [0.2, 0.25) is 0 Å². The van der Waals surface area contributed by atoms with Crippen LogP contribution in [-0.2, 0) is 0 Å². The molecule has 102 valence electrons. The largest absolute Gasteiger partial charge is 0.369 e. The molecule has 5 heteroatoms. The van der Waals surface area contributed by atoms with Crippen LogP contribution in [0.4, 0.5) is 5.69 Å². The smallest absolute Gasteiger partial charge is 0.196 e. The minimum absolute atomic E-state index is 0.0763. The molecule has 20 heavy (non-hydrogen) atoms. The summed E-state index contributed by atoms with van der Waals surface area (Å²) in [6.07, 6.45) is 0. The van der Waals surface area contributed by atoms with Gasteiger partial charge in [0.25, 0.3) is 0 Å². The highest BCUT2D eigenvalue weighted by atomic mass is 79.9. The molecule has 3 rings (SSSR count). The average molecular weight is 351 g/mol. The first-order valence-corrected chi connectivity index (χ1v) is 7.43. The number of nitrogens with zero attached hydrogens (tertiary/aromatic N) is 2. The zero-order valence-electron chi connectivity index (χ0n) is 10.6. The molecule has 1 heterocycles. The van der Waals surface area contributed by atoms with E-state index in [1.165, 1.54) is 0 Å². The van der Waals surface area contributed by atoms with Crippen LogP contribution < -0.4 is 10.6 Å². The van der Waals surface area contributed by atoms with E-state index < -0.39 is 0 Å². The van der Waals surface area contributed by atoms with E-state index in [0.29, 0.717) is 12.5 Å². The zero-order chi connectivity index (χ0) is 14.1. The molecule has 0 radical (unpaired) electrons. The molecule has 1 aliphatic heterocycles. The first kappa shape index (κ1) is 13.5. The summed E-state index contributed by atoms with van der Waals surface area (Å²) in [5, 5.41) is 0.722. The molecule has 0 spiro atoms. The highest BCUT2D eigenvalue weighted by Gasteiger charge is 2.29. The Kier molecular flexibility index (Phi) is 3.68. The van der Waals surface area contributed by atoms with Gasteiger partial charge in [-0.15, -0.1) is 0 Å². The van der Waals surface area contributed by atoms with E-state index in [1.54, 1.807) is 0 Å². The number of benzene rings is 2. The van der Waals surface area contributed by atoms with Crippen LogP contribution in [0.15, 0.2) is 58.0 Å². The highest BCUT2D eigenvalue weighted by molar-refractivity contribution is 9.10. The maximum Gasteiger partial charge on any atom is 0.196 e. The number of rotatable bonds is 2. The maximum absolute atomic E-state index is 6.09. The van der Waals surface area contributed by atoms with Crippen molar-refractivity contribution in [1.29, 1.82) is 0 Å². The van der Waals surface area contributed by atoms with Gasteiger partial charge in [-0.05, 0) is 45.8 Å². The number of halogens is 2. The van der Waals surface area contributed by atoms with Crippen LogP contribution in [0.25, 0.3) is 0 Å². The quantitative estimate of drug-likeness (QED) is 0.890. The van der Waals surface area contributed by atoms with Gasteiger partial charge in [-0.3, -0.25) is 4.99 Å². The van der Waals surface area contributed by atoms with Gasteiger partial charge in [-0.2, -0.15) is 0 Å². The van der Waals surface area contributed by atoms with E-state index in [4.69, 9.17) is 17.3 Å². The van der Waals surface area contributed by atoms with E-state index in [2.05, 4.69) is 27.0 Å². The van der Waals surface area contributed by atoms with Gasteiger partial charge in [-0.1, -0.05) is 35.9 Å². The van der Waals surface area contributed by atoms with Gasteiger partial charge in [0.05, 0.1) is 18.3 Å². The van der Waals surface area contributed by atoms with Crippen LogP contribution in [0.3, 0.4) is 0 Å². The van der Waals surface area contributed by atoms with Crippen LogP contribution in [0.1, 0.15) is 11.6 Å². The minimum atomic E-state index is 0.0763. The number of nitrogens with two attached hydrogens (primary N) is 1. The molecule has 0 saturated heterocycles. The van der Waals surface area contributed by atoms with E-state index in [-0.39, 0.29) is 6.04 Å². The Morgan fingerprint density at radius 3 is 2.75 bits per heavy atom. The van der Waals surface area contributed by atoms with E-state index in [1.807, 2.05) is 47.4 Å². The second-order valence-electron chi connectivity index (χ2n) is 4.59. The lowest BCUT2D eigenvalue weighted by Crippen LogP contribution is -2.36. The van der Waals surface area contributed by atoms with Gasteiger partial charge < -0.3 is 10.6 Å². The molecule has 0 fully saturated rings. The third-order valence-electron chi connectivity index (χ3n) is 3.33. The molecule has 2 aromatic rings. The Hall–Kier alpha value is -1.52. The standard InChI is InChI=1S/C15H13BrClN3/c16-12-6-1-2-7-13(12)20-14(9-19-15(20)18)10-4-3-5-11(17)8-10/h1-8,14H,9H2,(H2,18,19). The van der Waals surface area contributed by atoms with Crippen LogP contribution in [0.2, 0.25) is 5.02 Å². The van der Waals surface area contributed by atoms with Gasteiger partial charge in [0.1, 0.15) is 0 Å². The van der Waals surface area contributed by atoms with E-state index >= 15 is 0 Å². The third kappa shape index (κ3) is 2.41. The monoisotopic (exact) mass is 349 g/mol. The number of anilines is 1. The van der Waals surface area contributed by atoms with Crippen molar-refractivity contribution in [3.8, 4) is 0 Å². The van der Waals surface area contributed by atoms with Crippen molar-refractivity contribution in [3.05, 3.63) is 63.6 Å². The van der Waals surface area contributed by atoms with Gasteiger partial charge in [0, 0.05) is 9.50 Å². The molecular weight excluding hydrogens is 338 g/mol. The maximum atomic E-state index is 6.09. The summed E-state index contributed by atoms with van der Waals surface area (Å²) < 4.78 is 0.993. The molecule has 2 aromatic carbocycles. The first-order valence-electron chi connectivity index (χ1n) is 6.26. The Morgan fingerprint density at radius 2 is 2.00 bits per heavy atom. The topological polar surface area (TPSA) is 41.6 Å². The van der Waals surface area contributed by atoms with Crippen molar-refractivity contribution in [2.45, 2.75) is 6.04 Å². The SMILES string of the molecule is NC1=NCC(c2cccc(Cl)c2)N1c1ccccc1Br. The molecule has 2 N–H and O–H groups in total. The summed E-state index contributed by atoms with van der Waals surface area (Å²) in [6.45, 7) is 0.632. The average Bonchev–Trinajstić information content (AvgIpc) is 2.81. The molecular formula is C15H13BrClN3. The number of guanidine groups is 1. The number of aliphatic imine (C=N–C) groups is 1. The molecule has 0 aromatic heterocycles. The molecule has 0 saturated carbocycles. The predicted molar refractivity (Wildman–Crippen MR) is 87.3 cm³/mol. The van der Waals surface area contributed by atoms with Crippen molar-refractivity contribution in [2.24, 2.45) is 10.7 Å². The third-order valence-corrected chi connectivity index (χ3v) is 4.24. The Morgan fingerprint density at radius 1 is 1.20 bits per heavy atom. The summed E-state index contributed by atoms with van der Waals surface area (Å²) in [4.78, 5) is 6.42. The zero-order valence-corrected chi connectivity index (χ0v) is 13.0. The first-order chi connectivity index (χ1) is 9.66. The molecule has 0 aliphatic carbocycles. The molecule has 0 bridgehead atoms. The van der Waals surface area contributed by atoms with Crippen molar-refractivity contribution in [2.75, 3.05) is 11.4 Å². The van der Waals surface area contributed by atoms with Gasteiger partial charge >= 0.3 is 0 Å². The van der Waals surface area contributed by atoms with Crippen molar-refractivity contribution >= 4 is 39.2 Å². The Labute approximate surface area is 131 Å². The molecule has 1 atom stereocenters. The number of para-hydroxylation sites is 1. The highest BCUT2D eigenvalue weighted by Crippen LogP contribution is 2.35. The van der Waals surface area contributed by atoms with Crippen LogP contribution in [-0.4, -0.2) is 12.5 Å². The fraction of sp³-hybridized carbons (Fsp3) is 0.133. The van der Waals surface area contributed by atoms with Crippen LogP contribution >= 0.6 is 27.5 Å². The van der Waals surface area contributed by atoms with Crippen LogP contribution in [0, 0.1) is 0 Å².